The molecule has 1 unspecified atom stereocenters. The van der Waals surface area contributed by atoms with E-state index in [1.54, 1.807) is 0 Å². The third-order valence-corrected chi connectivity index (χ3v) is 6.07. The maximum absolute atomic E-state index is 13.1. The average Bonchev–Trinajstić information content (AvgIpc) is 3.12. The minimum atomic E-state index is -0.662. The number of carbonyl (C=O) groups excluding carboxylic acids is 3. The molecule has 0 aromatic heterocycles. The molecule has 3 rings (SSSR count). The highest BCUT2D eigenvalue weighted by Gasteiger charge is 2.29. The van der Waals surface area contributed by atoms with Crippen LogP contribution >= 0.6 is 0 Å². The molecule has 0 bridgehead atoms. The van der Waals surface area contributed by atoms with Crippen LogP contribution in [0.15, 0.2) is 36.0 Å². The first kappa shape index (κ1) is 23.6. The fraction of sp³-hybridized carbons (Fsp3) is 0.542. The highest BCUT2D eigenvalue weighted by Crippen LogP contribution is 2.27. The first-order chi connectivity index (χ1) is 15.5. The molecule has 1 aromatic carbocycles. The van der Waals surface area contributed by atoms with E-state index in [9.17, 15) is 14.4 Å². The monoisotopic (exact) mass is 443 g/mol. The summed E-state index contributed by atoms with van der Waals surface area (Å²) in [6, 6.07) is 7.58. The summed E-state index contributed by atoms with van der Waals surface area (Å²) in [5, 5.41) is 2.91. The van der Waals surface area contributed by atoms with Crippen LogP contribution < -0.4 is 10.2 Å². The summed E-state index contributed by atoms with van der Waals surface area (Å²) in [5.74, 6) is -0.979. The van der Waals surface area contributed by atoms with Gasteiger partial charge in [-0.1, -0.05) is 12.8 Å². The van der Waals surface area contributed by atoms with Gasteiger partial charge in [-0.25, -0.2) is 9.59 Å². The van der Waals surface area contributed by atoms with Crippen molar-refractivity contribution in [2.75, 3.05) is 50.6 Å². The number of hydrogen-bond donors (Lipinski definition) is 1. The van der Waals surface area contributed by atoms with Crippen molar-refractivity contribution < 1.29 is 23.9 Å². The lowest BCUT2D eigenvalue weighted by Crippen LogP contribution is -2.45. The summed E-state index contributed by atoms with van der Waals surface area (Å²) in [5.41, 5.74) is 1.66. The van der Waals surface area contributed by atoms with Crippen LogP contribution in [0.2, 0.25) is 0 Å². The molecule has 32 heavy (non-hydrogen) atoms. The number of ether oxygens (including phenoxy) is 2. The van der Waals surface area contributed by atoms with E-state index in [2.05, 4.69) is 19.9 Å². The van der Waals surface area contributed by atoms with Crippen LogP contribution in [0.3, 0.4) is 0 Å². The van der Waals surface area contributed by atoms with Gasteiger partial charge in [0, 0.05) is 37.6 Å². The molecule has 2 aliphatic rings. The minimum Gasteiger partial charge on any atom is -0.466 e. The number of piperidine rings is 1. The van der Waals surface area contributed by atoms with Gasteiger partial charge in [-0.3, -0.25) is 4.79 Å². The number of esters is 2. The van der Waals surface area contributed by atoms with Gasteiger partial charge in [0.25, 0.3) is 0 Å². The molecule has 2 fully saturated rings. The van der Waals surface area contributed by atoms with Gasteiger partial charge in [-0.2, -0.15) is 0 Å². The van der Waals surface area contributed by atoms with E-state index in [4.69, 9.17) is 4.74 Å². The van der Waals surface area contributed by atoms with Crippen LogP contribution in [0, 0.1) is 5.92 Å². The predicted octanol–water partition coefficient (Wildman–Crippen LogP) is 2.95. The fourth-order valence-electron chi connectivity index (χ4n) is 4.31. The van der Waals surface area contributed by atoms with Crippen molar-refractivity contribution in [2.45, 2.75) is 38.5 Å². The molecule has 2 aliphatic heterocycles. The topological polar surface area (TPSA) is 88.2 Å². The van der Waals surface area contributed by atoms with Crippen molar-refractivity contribution in [3.05, 3.63) is 36.0 Å². The predicted molar refractivity (Wildman–Crippen MR) is 122 cm³/mol. The largest absolute Gasteiger partial charge is 0.466 e. The number of carbonyl (C=O) groups is 3. The van der Waals surface area contributed by atoms with E-state index in [-0.39, 0.29) is 11.6 Å². The van der Waals surface area contributed by atoms with Gasteiger partial charge in [0.15, 0.2) is 0 Å². The van der Waals surface area contributed by atoms with Gasteiger partial charge in [0.2, 0.25) is 5.91 Å². The summed E-state index contributed by atoms with van der Waals surface area (Å²) >= 11 is 0. The molecule has 2 heterocycles. The van der Waals surface area contributed by atoms with Crippen molar-refractivity contribution in [1.29, 1.82) is 0 Å². The highest BCUT2D eigenvalue weighted by atomic mass is 16.5. The standard InChI is InChI=1S/C24H33N3O5/c1-31-22(28)16-21(24(30)32-2)25-19-9-11-20(12-10-19)27-15-7-8-18(17-27)23(29)26-13-5-3-4-6-14-26/h9-12,16,18,25H,3-8,13-15,17H2,1-2H3/b21-16+. The smallest absolute Gasteiger partial charge is 0.354 e. The zero-order valence-electron chi connectivity index (χ0n) is 19.0. The van der Waals surface area contributed by atoms with E-state index >= 15 is 0 Å². The molecule has 1 N–H and O–H groups in total. The number of anilines is 2. The first-order valence-electron chi connectivity index (χ1n) is 11.3. The second kappa shape index (κ2) is 11.5. The molecule has 1 atom stereocenters. The Morgan fingerprint density at radius 1 is 0.938 bits per heavy atom. The minimum absolute atomic E-state index is 0.00631. The van der Waals surface area contributed by atoms with Gasteiger partial charge in [-0.05, 0) is 49.9 Å². The Bertz CT molecular complexity index is 829. The number of rotatable bonds is 6. The van der Waals surface area contributed by atoms with Crippen LogP contribution in [0.1, 0.15) is 38.5 Å². The quantitative estimate of drug-likeness (QED) is 0.534. The van der Waals surface area contributed by atoms with E-state index in [1.165, 1.54) is 27.1 Å². The molecule has 1 aromatic rings. The second-order valence-corrected chi connectivity index (χ2v) is 8.27. The number of nitrogens with zero attached hydrogens (tertiary/aromatic N) is 2. The molecule has 8 nitrogen and oxygen atoms in total. The van der Waals surface area contributed by atoms with Crippen LogP contribution in [-0.4, -0.2) is 63.1 Å². The van der Waals surface area contributed by atoms with Gasteiger partial charge < -0.3 is 24.6 Å². The molecule has 174 valence electrons. The van der Waals surface area contributed by atoms with Gasteiger partial charge in [-0.15, -0.1) is 0 Å². The molecule has 0 radical (unpaired) electrons. The van der Waals surface area contributed by atoms with Crippen LogP contribution in [0.4, 0.5) is 11.4 Å². The summed E-state index contributed by atoms with van der Waals surface area (Å²) in [7, 11) is 2.49. The number of methoxy groups -OCH3 is 2. The Hall–Kier alpha value is -3.03. The summed E-state index contributed by atoms with van der Waals surface area (Å²) < 4.78 is 9.31. The maximum atomic E-state index is 13.1. The lowest BCUT2D eigenvalue weighted by atomic mass is 9.95. The van der Waals surface area contributed by atoms with Gasteiger partial charge >= 0.3 is 11.9 Å². The average molecular weight is 444 g/mol. The van der Waals surface area contributed by atoms with Crippen LogP contribution in [0.5, 0.6) is 0 Å². The number of benzene rings is 1. The van der Waals surface area contributed by atoms with Crippen molar-refractivity contribution in [2.24, 2.45) is 5.92 Å². The van der Waals surface area contributed by atoms with Gasteiger partial charge in [0.1, 0.15) is 5.70 Å². The molecule has 2 saturated heterocycles. The van der Waals surface area contributed by atoms with E-state index in [1.807, 2.05) is 24.3 Å². The Morgan fingerprint density at radius 2 is 1.62 bits per heavy atom. The highest BCUT2D eigenvalue weighted by molar-refractivity contribution is 5.98. The molecule has 1 amide bonds. The third-order valence-electron chi connectivity index (χ3n) is 6.07. The zero-order chi connectivity index (χ0) is 22.9. The fourth-order valence-corrected chi connectivity index (χ4v) is 4.31. The molecular formula is C24H33N3O5. The van der Waals surface area contributed by atoms with Crippen LogP contribution in [-0.2, 0) is 23.9 Å². The Labute approximate surface area is 189 Å². The molecular weight excluding hydrogens is 410 g/mol. The number of amides is 1. The van der Waals surface area contributed by atoms with E-state index in [0.29, 0.717) is 11.6 Å². The van der Waals surface area contributed by atoms with Crippen molar-refractivity contribution >= 4 is 29.2 Å². The molecule has 0 spiro atoms. The molecule has 8 heteroatoms. The first-order valence-corrected chi connectivity index (χ1v) is 11.3. The lowest BCUT2D eigenvalue weighted by molar-refractivity contribution is -0.138. The Balaban J connectivity index is 1.64. The maximum Gasteiger partial charge on any atom is 0.354 e. The SMILES string of the molecule is COC(=O)/C=C(/Nc1ccc(N2CCCC(C(=O)N3CCCCCC3)C2)cc1)C(=O)OC. The number of hydrogen-bond acceptors (Lipinski definition) is 7. The van der Waals surface area contributed by atoms with Crippen molar-refractivity contribution in [3.63, 3.8) is 0 Å². The van der Waals surface area contributed by atoms with E-state index in [0.717, 1.165) is 63.6 Å². The third kappa shape index (κ3) is 6.24. The van der Waals surface area contributed by atoms with Crippen molar-refractivity contribution in [3.8, 4) is 0 Å². The molecule has 0 aliphatic carbocycles. The van der Waals surface area contributed by atoms with Crippen LogP contribution in [0.25, 0.3) is 0 Å². The number of nitrogens with one attached hydrogen (secondary N) is 1. The Morgan fingerprint density at radius 3 is 2.25 bits per heavy atom. The zero-order valence-corrected chi connectivity index (χ0v) is 19.0. The van der Waals surface area contributed by atoms with Gasteiger partial charge in [0.05, 0.1) is 26.2 Å². The molecule has 0 saturated carbocycles. The Kier molecular flexibility index (Phi) is 8.53. The summed E-state index contributed by atoms with van der Waals surface area (Å²) in [4.78, 5) is 40.8. The normalized spacial score (nSPS) is 19.7. The van der Waals surface area contributed by atoms with Crippen molar-refractivity contribution in [1.82, 2.24) is 4.90 Å². The summed E-state index contributed by atoms with van der Waals surface area (Å²) in [6.45, 7) is 3.40. The second-order valence-electron chi connectivity index (χ2n) is 8.27. The number of likely N-dealkylation sites (tertiary alicyclic amines) is 1. The summed E-state index contributed by atoms with van der Waals surface area (Å²) in [6.07, 6.45) is 7.62. The van der Waals surface area contributed by atoms with E-state index < -0.39 is 11.9 Å². The lowest BCUT2D eigenvalue weighted by Gasteiger charge is -2.36.